The van der Waals surface area contributed by atoms with Gasteiger partial charge in [-0.15, -0.1) is 0 Å². The van der Waals surface area contributed by atoms with E-state index in [0.717, 1.165) is 17.7 Å². The summed E-state index contributed by atoms with van der Waals surface area (Å²) >= 11 is 0. The highest BCUT2D eigenvalue weighted by Crippen LogP contribution is 2.32. The standard InChI is InChI=1S/C23H20F3N5/c1-3-29-22-20(21(28)30-13-31-22)19(27)10-9-15-11-17(8-7-14(15)2)16-5-4-6-18(12-16)23(24,25)26/h4-8,11-13,27H,3H2,1-2H3,(H3,28,29,30,31). The first kappa shape index (κ1) is 21.8. The molecule has 3 aromatic rings. The SMILES string of the molecule is CCNc1ncnc(N)c1C(=N)C#Cc1cc(-c2cccc(C(F)(F)F)c2)ccc1C. The number of benzene rings is 2. The molecule has 0 aliphatic heterocycles. The normalized spacial score (nSPS) is 10.9. The Balaban J connectivity index is 1.97. The Kier molecular flexibility index (Phi) is 6.25. The molecule has 0 radical (unpaired) electrons. The number of anilines is 2. The lowest BCUT2D eigenvalue weighted by molar-refractivity contribution is -0.137. The average molecular weight is 423 g/mol. The number of hydrogen-bond acceptors (Lipinski definition) is 5. The third-order valence-electron chi connectivity index (χ3n) is 4.55. The lowest BCUT2D eigenvalue weighted by Crippen LogP contribution is -2.11. The van der Waals surface area contributed by atoms with Gasteiger partial charge >= 0.3 is 6.18 Å². The molecule has 31 heavy (non-hydrogen) atoms. The first-order chi connectivity index (χ1) is 14.7. The molecule has 0 spiro atoms. The monoisotopic (exact) mass is 423 g/mol. The molecule has 0 unspecified atom stereocenters. The molecule has 4 N–H and O–H groups in total. The molecule has 5 nitrogen and oxygen atoms in total. The summed E-state index contributed by atoms with van der Waals surface area (Å²) in [5.74, 6) is 6.25. The Bertz CT molecular complexity index is 1190. The molecule has 8 heteroatoms. The van der Waals surface area contributed by atoms with Gasteiger partial charge in [0, 0.05) is 12.1 Å². The van der Waals surface area contributed by atoms with Gasteiger partial charge in [-0.05, 0) is 54.7 Å². The number of rotatable bonds is 4. The number of nitrogens with two attached hydrogens (primary N) is 1. The van der Waals surface area contributed by atoms with Crippen molar-refractivity contribution < 1.29 is 13.2 Å². The Morgan fingerprint density at radius 2 is 1.87 bits per heavy atom. The molecule has 0 aliphatic rings. The van der Waals surface area contributed by atoms with Gasteiger partial charge in [-0.1, -0.05) is 30.2 Å². The lowest BCUT2D eigenvalue weighted by atomic mass is 9.98. The molecule has 1 heterocycles. The van der Waals surface area contributed by atoms with Crippen LogP contribution in [0.25, 0.3) is 11.1 Å². The maximum absolute atomic E-state index is 13.0. The van der Waals surface area contributed by atoms with Gasteiger partial charge in [-0.25, -0.2) is 9.97 Å². The number of aromatic nitrogens is 2. The summed E-state index contributed by atoms with van der Waals surface area (Å²) in [5, 5.41) is 11.3. The second-order valence-corrected chi connectivity index (χ2v) is 6.75. The van der Waals surface area contributed by atoms with E-state index in [4.69, 9.17) is 11.1 Å². The van der Waals surface area contributed by atoms with E-state index in [1.165, 1.54) is 12.4 Å². The van der Waals surface area contributed by atoms with Crippen LogP contribution in [0.5, 0.6) is 0 Å². The van der Waals surface area contributed by atoms with E-state index in [-0.39, 0.29) is 11.5 Å². The summed E-state index contributed by atoms with van der Waals surface area (Å²) in [4.78, 5) is 8.03. The predicted octanol–water partition coefficient (Wildman–Crippen LogP) is 4.90. The number of aryl methyl sites for hydroxylation is 1. The molecular weight excluding hydrogens is 403 g/mol. The van der Waals surface area contributed by atoms with Crippen molar-refractivity contribution in [1.82, 2.24) is 9.97 Å². The van der Waals surface area contributed by atoms with Crippen molar-refractivity contribution >= 4 is 17.3 Å². The second-order valence-electron chi connectivity index (χ2n) is 6.75. The number of halogens is 3. The van der Waals surface area contributed by atoms with Gasteiger partial charge in [0.25, 0.3) is 0 Å². The van der Waals surface area contributed by atoms with Crippen LogP contribution in [-0.2, 0) is 6.18 Å². The number of nitrogen functional groups attached to an aromatic ring is 1. The fraction of sp³-hybridized carbons (Fsp3) is 0.174. The second kappa shape index (κ2) is 8.88. The molecule has 2 aromatic carbocycles. The van der Waals surface area contributed by atoms with Gasteiger partial charge in [0.05, 0.1) is 11.1 Å². The third kappa shape index (κ3) is 5.01. The zero-order valence-corrected chi connectivity index (χ0v) is 16.9. The van der Waals surface area contributed by atoms with E-state index in [0.29, 0.717) is 34.6 Å². The van der Waals surface area contributed by atoms with Crippen LogP contribution in [0.1, 0.15) is 29.2 Å². The molecule has 0 bridgehead atoms. The Hall–Kier alpha value is -3.86. The summed E-state index contributed by atoms with van der Waals surface area (Å²) in [7, 11) is 0. The molecular formula is C23H20F3N5. The Labute approximate surface area is 178 Å². The van der Waals surface area contributed by atoms with Crippen LogP contribution in [0.4, 0.5) is 24.8 Å². The number of hydrogen-bond donors (Lipinski definition) is 3. The quantitative estimate of drug-likeness (QED) is 0.411. The maximum Gasteiger partial charge on any atom is 0.416 e. The highest BCUT2D eigenvalue weighted by molar-refractivity contribution is 6.16. The number of alkyl halides is 3. The van der Waals surface area contributed by atoms with Crippen molar-refractivity contribution in [1.29, 1.82) is 5.41 Å². The zero-order chi connectivity index (χ0) is 22.6. The Morgan fingerprint density at radius 3 is 2.58 bits per heavy atom. The summed E-state index contributed by atoms with van der Waals surface area (Å²) in [6.45, 7) is 4.32. The van der Waals surface area contributed by atoms with Gasteiger partial charge < -0.3 is 11.1 Å². The van der Waals surface area contributed by atoms with Crippen molar-refractivity contribution in [3.63, 3.8) is 0 Å². The Morgan fingerprint density at radius 1 is 1.13 bits per heavy atom. The van der Waals surface area contributed by atoms with Crippen LogP contribution in [0.3, 0.4) is 0 Å². The van der Waals surface area contributed by atoms with Crippen LogP contribution >= 0.6 is 0 Å². The lowest BCUT2D eigenvalue weighted by Gasteiger charge is -2.10. The first-order valence-corrected chi connectivity index (χ1v) is 9.44. The summed E-state index contributed by atoms with van der Waals surface area (Å²) in [6.07, 6.45) is -3.11. The minimum atomic E-state index is -4.42. The molecule has 0 amide bonds. The number of nitrogens with one attached hydrogen (secondary N) is 2. The van der Waals surface area contributed by atoms with Crippen molar-refractivity contribution in [3.05, 3.63) is 71.0 Å². The first-order valence-electron chi connectivity index (χ1n) is 9.44. The van der Waals surface area contributed by atoms with Crippen molar-refractivity contribution in [3.8, 4) is 23.0 Å². The van der Waals surface area contributed by atoms with Gasteiger partial charge in [0.1, 0.15) is 23.7 Å². The summed E-state index contributed by atoms with van der Waals surface area (Å²) < 4.78 is 39.1. The van der Waals surface area contributed by atoms with Gasteiger partial charge in [0.2, 0.25) is 0 Å². The van der Waals surface area contributed by atoms with Crippen molar-refractivity contribution in [2.75, 3.05) is 17.6 Å². The van der Waals surface area contributed by atoms with Crippen LogP contribution in [0, 0.1) is 24.2 Å². The third-order valence-corrected chi connectivity index (χ3v) is 4.55. The van der Waals surface area contributed by atoms with E-state index >= 15 is 0 Å². The topological polar surface area (TPSA) is 87.7 Å². The predicted molar refractivity (Wildman–Crippen MR) is 116 cm³/mol. The summed E-state index contributed by atoms with van der Waals surface area (Å²) in [5.41, 5.74) is 7.91. The van der Waals surface area contributed by atoms with E-state index in [9.17, 15) is 13.2 Å². The van der Waals surface area contributed by atoms with Crippen LogP contribution < -0.4 is 11.1 Å². The molecule has 0 fully saturated rings. The highest BCUT2D eigenvalue weighted by Gasteiger charge is 2.30. The average Bonchev–Trinajstić information content (AvgIpc) is 2.73. The maximum atomic E-state index is 13.0. The fourth-order valence-corrected chi connectivity index (χ4v) is 2.95. The van der Waals surface area contributed by atoms with E-state index < -0.39 is 11.7 Å². The fourth-order valence-electron chi connectivity index (χ4n) is 2.95. The minimum absolute atomic E-state index is 0.0575. The van der Waals surface area contributed by atoms with Crippen molar-refractivity contribution in [2.45, 2.75) is 20.0 Å². The van der Waals surface area contributed by atoms with Crippen molar-refractivity contribution in [2.24, 2.45) is 0 Å². The van der Waals surface area contributed by atoms with Gasteiger partial charge in [-0.2, -0.15) is 13.2 Å². The zero-order valence-electron chi connectivity index (χ0n) is 16.9. The largest absolute Gasteiger partial charge is 0.416 e. The van der Waals surface area contributed by atoms with Crippen LogP contribution in [-0.4, -0.2) is 22.2 Å². The smallest absolute Gasteiger partial charge is 0.383 e. The molecule has 0 aliphatic carbocycles. The van der Waals surface area contributed by atoms with Gasteiger partial charge in [-0.3, -0.25) is 5.41 Å². The van der Waals surface area contributed by atoms with E-state index in [2.05, 4.69) is 27.1 Å². The molecule has 0 atom stereocenters. The molecule has 158 valence electrons. The van der Waals surface area contributed by atoms with Gasteiger partial charge in [0.15, 0.2) is 0 Å². The molecule has 3 rings (SSSR count). The van der Waals surface area contributed by atoms with E-state index in [1.54, 1.807) is 24.3 Å². The molecule has 0 saturated heterocycles. The molecule has 0 saturated carbocycles. The van der Waals surface area contributed by atoms with Crippen LogP contribution in [0.15, 0.2) is 48.8 Å². The highest BCUT2D eigenvalue weighted by atomic mass is 19.4. The molecule has 1 aromatic heterocycles. The number of nitrogens with zero attached hydrogens (tertiary/aromatic N) is 2. The van der Waals surface area contributed by atoms with E-state index in [1.807, 2.05) is 13.8 Å². The minimum Gasteiger partial charge on any atom is -0.383 e. The summed E-state index contributed by atoms with van der Waals surface area (Å²) in [6, 6.07) is 10.4. The van der Waals surface area contributed by atoms with Crippen LogP contribution in [0.2, 0.25) is 0 Å².